The summed E-state index contributed by atoms with van der Waals surface area (Å²) in [5.41, 5.74) is 2.00. The Morgan fingerprint density at radius 1 is 1.10 bits per heavy atom. The summed E-state index contributed by atoms with van der Waals surface area (Å²) in [6.45, 7) is 6.14. The highest BCUT2D eigenvalue weighted by atomic mass is 32.1. The number of methoxy groups -OCH3 is 1. The van der Waals surface area contributed by atoms with E-state index < -0.39 is 12.0 Å². The highest BCUT2D eigenvalue weighted by Crippen LogP contribution is 2.36. The summed E-state index contributed by atoms with van der Waals surface area (Å²) in [5, 5.41) is 0. The first-order valence-corrected chi connectivity index (χ1v) is 15.1. The van der Waals surface area contributed by atoms with Crippen LogP contribution < -0.4 is 24.5 Å². The molecule has 1 atom stereocenters. The third kappa shape index (κ3) is 5.32. The van der Waals surface area contributed by atoms with Crippen LogP contribution in [0.2, 0.25) is 0 Å². The molecule has 8 nitrogen and oxygen atoms in total. The highest BCUT2D eigenvalue weighted by molar-refractivity contribution is 7.07. The molecule has 9 heteroatoms. The summed E-state index contributed by atoms with van der Waals surface area (Å²) >= 11 is 1.27. The normalized spacial score (nSPS) is 17.6. The van der Waals surface area contributed by atoms with Gasteiger partial charge in [0, 0.05) is 30.8 Å². The number of rotatable bonds is 7. The van der Waals surface area contributed by atoms with Gasteiger partial charge < -0.3 is 18.8 Å². The number of esters is 1. The van der Waals surface area contributed by atoms with Gasteiger partial charge in [0.25, 0.3) is 5.56 Å². The van der Waals surface area contributed by atoms with Crippen LogP contribution in [0, 0.1) is 5.92 Å². The second-order valence-electron chi connectivity index (χ2n) is 10.6. The molecule has 4 aromatic rings. The topological polar surface area (TPSA) is 86.3 Å². The molecule has 42 heavy (non-hydrogen) atoms. The highest BCUT2D eigenvalue weighted by Gasteiger charge is 2.35. The van der Waals surface area contributed by atoms with Crippen LogP contribution in [-0.2, 0) is 9.53 Å². The van der Waals surface area contributed by atoms with Crippen molar-refractivity contribution in [2.45, 2.75) is 32.7 Å². The number of furan rings is 1. The van der Waals surface area contributed by atoms with Crippen molar-refractivity contribution in [3.63, 3.8) is 0 Å². The first-order valence-electron chi connectivity index (χ1n) is 14.2. The number of ether oxygens (including phenoxy) is 2. The van der Waals surface area contributed by atoms with Crippen LogP contribution in [0.25, 0.3) is 11.8 Å². The maximum atomic E-state index is 14.1. The fourth-order valence-corrected chi connectivity index (χ4v) is 6.50. The molecule has 0 aliphatic carbocycles. The average molecular weight is 584 g/mol. The van der Waals surface area contributed by atoms with E-state index in [4.69, 9.17) is 18.9 Å². The number of carbonyl (C=O) groups excluding carboxylic acids is 1. The predicted octanol–water partition coefficient (Wildman–Crippen LogP) is 4.77. The van der Waals surface area contributed by atoms with Gasteiger partial charge in [0.05, 0.1) is 35.6 Å². The molecule has 6 rings (SSSR count). The SMILES string of the molecule is CCOC(=O)C1=C(c2ccccc2)N=c2s/c(=C/c3ccc(N4CCC(C)CC4)o3)c(=O)n2[C@H]1c1cccc(OC)c1. The number of hydrogen-bond donors (Lipinski definition) is 0. The van der Waals surface area contributed by atoms with Gasteiger partial charge in [-0.05, 0) is 49.4 Å². The van der Waals surface area contributed by atoms with Gasteiger partial charge in [-0.1, -0.05) is 60.7 Å². The van der Waals surface area contributed by atoms with E-state index in [0.717, 1.165) is 43.3 Å². The Morgan fingerprint density at radius 2 is 1.88 bits per heavy atom. The Labute approximate surface area is 247 Å². The lowest BCUT2D eigenvalue weighted by Gasteiger charge is -2.29. The molecule has 2 aliphatic heterocycles. The molecule has 0 radical (unpaired) electrons. The van der Waals surface area contributed by atoms with Crippen LogP contribution in [0.4, 0.5) is 5.88 Å². The van der Waals surface area contributed by atoms with Gasteiger partial charge in [-0.15, -0.1) is 0 Å². The minimum atomic E-state index is -0.768. The zero-order chi connectivity index (χ0) is 29.2. The zero-order valence-corrected chi connectivity index (χ0v) is 24.7. The van der Waals surface area contributed by atoms with Gasteiger partial charge in [-0.3, -0.25) is 9.36 Å². The molecule has 0 N–H and O–H groups in total. The number of aromatic nitrogens is 1. The first-order chi connectivity index (χ1) is 20.5. The molecular weight excluding hydrogens is 550 g/mol. The first kappa shape index (κ1) is 27.8. The number of hydrogen-bond acceptors (Lipinski definition) is 8. The third-order valence-electron chi connectivity index (χ3n) is 7.76. The van der Waals surface area contributed by atoms with Gasteiger partial charge in [-0.25, -0.2) is 9.79 Å². The van der Waals surface area contributed by atoms with E-state index in [1.54, 1.807) is 24.7 Å². The molecule has 0 unspecified atom stereocenters. The fraction of sp³-hybridized carbons (Fsp3) is 0.303. The van der Waals surface area contributed by atoms with Crippen molar-refractivity contribution in [3.8, 4) is 5.75 Å². The lowest BCUT2D eigenvalue weighted by molar-refractivity contribution is -0.138. The number of nitrogens with zero attached hydrogens (tertiary/aromatic N) is 3. The van der Waals surface area contributed by atoms with E-state index >= 15 is 0 Å². The minimum absolute atomic E-state index is 0.191. The van der Waals surface area contributed by atoms with Crippen molar-refractivity contribution < 1.29 is 18.7 Å². The van der Waals surface area contributed by atoms with Gasteiger partial charge in [0.15, 0.2) is 10.7 Å². The van der Waals surface area contributed by atoms with Crippen molar-refractivity contribution in [2.24, 2.45) is 10.9 Å². The van der Waals surface area contributed by atoms with Crippen LogP contribution in [0.15, 0.2) is 86.5 Å². The van der Waals surface area contributed by atoms with E-state index in [0.29, 0.717) is 37.7 Å². The quantitative estimate of drug-likeness (QED) is 0.291. The Hall–Kier alpha value is -4.37. The molecular formula is C33H33N3O5S. The molecule has 4 heterocycles. The van der Waals surface area contributed by atoms with Crippen LogP contribution >= 0.6 is 11.3 Å². The average Bonchev–Trinajstić information content (AvgIpc) is 3.61. The van der Waals surface area contributed by atoms with Crippen molar-refractivity contribution in [2.75, 3.05) is 31.7 Å². The summed E-state index contributed by atoms with van der Waals surface area (Å²) in [6.07, 6.45) is 4.02. The number of thiazole rings is 1. The molecule has 2 aliphatic rings. The Morgan fingerprint density at radius 3 is 2.62 bits per heavy atom. The molecule has 1 fully saturated rings. The number of anilines is 1. The molecule has 2 aromatic carbocycles. The van der Waals surface area contributed by atoms with E-state index in [-0.39, 0.29) is 12.2 Å². The molecule has 2 aromatic heterocycles. The Kier molecular flexibility index (Phi) is 7.84. The summed E-state index contributed by atoms with van der Waals surface area (Å²) < 4.78 is 19.3. The van der Waals surface area contributed by atoms with E-state index in [9.17, 15) is 9.59 Å². The minimum Gasteiger partial charge on any atom is -0.497 e. The van der Waals surface area contributed by atoms with Crippen molar-refractivity contribution in [1.29, 1.82) is 0 Å². The largest absolute Gasteiger partial charge is 0.497 e. The molecule has 0 amide bonds. The fourth-order valence-electron chi connectivity index (χ4n) is 5.52. The summed E-state index contributed by atoms with van der Waals surface area (Å²) in [5.74, 6) is 2.22. The second kappa shape index (κ2) is 11.9. The monoisotopic (exact) mass is 583 g/mol. The number of benzene rings is 2. The van der Waals surface area contributed by atoms with E-state index in [1.807, 2.05) is 66.7 Å². The van der Waals surface area contributed by atoms with Gasteiger partial charge in [0.2, 0.25) is 0 Å². The molecule has 0 bridgehead atoms. The van der Waals surface area contributed by atoms with Crippen LogP contribution in [0.5, 0.6) is 5.75 Å². The van der Waals surface area contributed by atoms with E-state index in [1.165, 1.54) is 11.3 Å². The molecule has 0 saturated carbocycles. The van der Waals surface area contributed by atoms with Crippen LogP contribution in [0.1, 0.15) is 49.6 Å². The smallest absolute Gasteiger partial charge is 0.338 e. The lowest BCUT2D eigenvalue weighted by atomic mass is 9.93. The maximum absolute atomic E-state index is 14.1. The van der Waals surface area contributed by atoms with Crippen LogP contribution in [-0.4, -0.2) is 37.3 Å². The second-order valence-corrected chi connectivity index (χ2v) is 11.6. The van der Waals surface area contributed by atoms with Crippen LogP contribution in [0.3, 0.4) is 0 Å². The van der Waals surface area contributed by atoms with Gasteiger partial charge in [-0.2, -0.15) is 0 Å². The van der Waals surface area contributed by atoms with Crippen molar-refractivity contribution in [1.82, 2.24) is 4.57 Å². The van der Waals surface area contributed by atoms with Gasteiger partial charge >= 0.3 is 5.97 Å². The van der Waals surface area contributed by atoms with Crippen molar-refractivity contribution in [3.05, 3.63) is 109 Å². The molecule has 0 spiro atoms. The zero-order valence-electron chi connectivity index (χ0n) is 23.9. The predicted molar refractivity (Wildman–Crippen MR) is 163 cm³/mol. The standard InChI is InChI=1S/C33H33N3O5S/c1-4-40-32(38)28-29(22-9-6-5-7-10-22)34-33-36(30(28)23-11-8-12-24(19-23)39-3)31(37)26(42-33)20-25-13-14-27(41-25)35-17-15-21(2)16-18-35/h5-14,19-21,30H,4,15-18H2,1-3H3/b26-20+/t30-/m0/s1. The lowest BCUT2D eigenvalue weighted by Crippen LogP contribution is -2.40. The van der Waals surface area contributed by atoms with Crippen molar-refractivity contribution >= 4 is 35.0 Å². The number of piperidine rings is 1. The Balaban J connectivity index is 1.52. The summed E-state index contributed by atoms with van der Waals surface area (Å²) in [6, 6.07) is 20.0. The maximum Gasteiger partial charge on any atom is 0.338 e. The third-order valence-corrected chi connectivity index (χ3v) is 8.75. The molecule has 216 valence electrons. The Bertz CT molecular complexity index is 1810. The van der Waals surface area contributed by atoms with E-state index in [2.05, 4.69) is 11.8 Å². The summed E-state index contributed by atoms with van der Waals surface area (Å²) in [7, 11) is 1.59. The summed E-state index contributed by atoms with van der Waals surface area (Å²) in [4.78, 5) is 35.3. The van der Waals surface area contributed by atoms with Gasteiger partial charge in [0.1, 0.15) is 11.5 Å². The molecule has 1 saturated heterocycles. The number of carbonyl (C=O) groups is 1. The number of fused-ring (bicyclic) bond motifs is 1.